The van der Waals surface area contributed by atoms with Crippen LogP contribution in [0, 0.1) is 0 Å². The number of anilines is 2. The van der Waals surface area contributed by atoms with Crippen molar-refractivity contribution in [3.8, 4) is 0 Å². The van der Waals surface area contributed by atoms with Crippen LogP contribution in [0.4, 0.5) is 11.4 Å². The number of amides is 1. The van der Waals surface area contributed by atoms with Crippen LogP contribution in [0.25, 0.3) is 0 Å². The van der Waals surface area contributed by atoms with E-state index in [9.17, 15) is 4.79 Å². The zero-order valence-electron chi connectivity index (χ0n) is 17.1. The molecule has 0 aliphatic carbocycles. The topological polar surface area (TPSA) is 47.6 Å². The molecule has 0 spiro atoms. The average molecular weight is 415 g/mol. The van der Waals surface area contributed by atoms with Crippen molar-refractivity contribution >= 4 is 29.7 Å². The van der Waals surface area contributed by atoms with Gasteiger partial charge >= 0.3 is 0 Å². The fourth-order valence-electron chi connectivity index (χ4n) is 4.23. The molecule has 0 aromatic heterocycles. The van der Waals surface area contributed by atoms with Crippen molar-refractivity contribution in [3.63, 3.8) is 0 Å². The third-order valence-electron chi connectivity index (χ3n) is 5.83. The summed E-state index contributed by atoms with van der Waals surface area (Å²) in [5.41, 5.74) is 6.32. The molecule has 2 heterocycles. The van der Waals surface area contributed by atoms with E-state index in [-0.39, 0.29) is 18.3 Å². The lowest BCUT2D eigenvalue weighted by atomic mass is 10.1. The SMILES string of the molecule is CCc1ccccc1NC(=O)CN1CCN(Cc2cccc3c2NCC3)CC1.Cl. The van der Waals surface area contributed by atoms with Crippen LogP contribution in [0.15, 0.2) is 42.5 Å². The van der Waals surface area contributed by atoms with E-state index < -0.39 is 0 Å². The van der Waals surface area contributed by atoms with Crippen molar-refractivity contribution in [2.24, 2.45) is 0 Å². The predicted molar refractivity (Wildman–Crippen MR) is 122 cm³/mol. The summed E-state index contributed by atoms with van der Waals surface area (Å²) in [5.74, 6) is 0.0828. The van der Waals surface area contributed by atoms with E-state index in [1.54, 1.807) is 0 Å². The van der Waals surface area contributed by atoms with Gasteiger partial charge in [0.1, 0.15) is 0 Å². The lowest BCUT2D eigenvalue weighted by Gasteiger charge is -2.34. The molecule has 29 heavy (non-hydrogen) atoms. The number of para-hydroxylation sites is 2. The summed E-state index contributed by atoms with van der Waals surface area (Å²) < 4.78 is 0. The summed E-state index contributed by atoms with van der Waals surface area (Å²) in [4.78, 5) is 17.2. The molecule has 2 N–H and O–H groups in total. The number of rotatable bonds is 6. The first-order valence-corrected chi connectivity index (χ1v) is 10.4. The number of aryl methyl sites for hydroxylation is 1. The highest BCUT2D eigenvalue weighted by Gasteiger charge is 2.21. The molecule has 1 amide bonds. The van der Waals surface area contributed by atoms with Crippen molar-refractivity contribution in [2.45, 2.75) is 26.3 Å². The number of nitrogens with zero attached hydrogens (tertiary/aromatic N) is 2. The second kappa shape index (κ2) is 10.1. The highest BCUT2D eigenvalue weighted by molar-refractivity contribution is 5.93. The van der Waals surface area contributed by atoms with Gasteiger partial charge in [0.2, 0.25) is 5.91 Å². The normalized spacial score (nSPS) is 16.6. The summed E-state index contributed by atoms with van der Waals surface area (Å²) in [5, 5.41) is 6.62. The monoisotopic (exact) mass is 414 g/mol. The Morgan fingerprint density at radius 1 is 1.00 bits per heavy atom. The molecule has 156 valence electrons. The molecule has 2 aliphatic rings. The second-order valence-corrected chi connectivity index (χ2v) is 7.74. The largest absolute Gasteiger partial charge is 0.384 e. The van der Waals surface area contributed by atoms with Crippen molar-refractivity contribution in [3.05, 3.63) is 59.2 Å². The number of nitrogens with one attached hydrogen (secondary N) is 2. The lowest BCUT2D eigenvalue weighted by molar-refractivity contribution is -0.117. The molecule has 4 rings (SSSR count). The molecule has 2 aromatic carbocycles. The minimum absolute atomic E-state index is 0. The highest BCUT2D eigenvalue weighted by atomic mass is 35.5. The van der Waals surface area contributed by atoms with E-state index in [1.807, 2.05) is 18.2 Å². The third kappa shape index (κ3) is 5.30. The Labute approximate surface area is 179 Å². The zero-order valence-corrected chi connectivity index (χ0v) is 17.9. The molecule has 0 atom stereocenters. The standard InChI is InChI=1S/C23H30N4O.ClH/c1-2-18-6-3-4-9-21(18)25-22(28)17-27-14-12-26(13-15-27)16-20-8-5-7-19-10-11-24-23(19)20;/h3-9,24H,2,10-17H2,1H3,(H,25,28);1H. The summed E-state index contributed by atoms with van der Waals surface area (Å²) in [6, 6.07) is 14.7. The molecule has 0 radical (unpaired) electrons. The maximum atomic E-state index is 12.5. The van der Waals surface area contributed by atoms with Crippen LogP contribution in [-0.4, -0.2) is 55.0 Å². The van der Waals surface area contributed by atoms with Gasteiger partial charge in [0.25, 0.3) is 0 Å². The Morgan fingerprint density at radius 3 is 2.52 bits per heavy atom. The fourth-order valence-corrected chi connectivity index (χ4v) is 4.23. The quantitative estimate of drug-likeness (QED) is 0.760. The molecule has 2 aliphatic heterocycles. The van der Waals surface area contributed by atoms with E-state index in [1.165, 1.54) is 22.4 Å². The molecular weight excluding hydrogens is 384 g/mol. The summed E-state index contributed by atoms with van der Waals surface area (Å²) in [7, 11) is 0. The van der Waals surface area contributed by atoms with Gasteiger partial charge in [-0.1, -0.05) is 43.3 Å². The van der Waals surface area contributed by atoms with Gasteiger partial charge in [-0.15, -0.1) is 12.4 Å². The van der Waals surface area contributed by atoms with E-state index in [2.05, 4.69) is 51.6 Å². The number of fused-ring (bicyclic) bond motifs is 1. The first kappa shape index (κ1) is 21.6. The van der Waals surface area contributed by atoms with Gasteiger partial charge < -0.3 is 10.6 Å². The Hall–Kier alpha value is -2.08. The fraction of sp³-hybridized carbons (Fsp3) is 0.435. The number of halogens is 1. The van der Waals surface area contributed by atoms with Gasteiger partial charge in [-0.3, -0.25) is 14.6 Å². The summed E-state index contributed by atoms with van der Waals surface area (Å²) in [6.45, 7) is 8.49. The van der Waals surface area contributed by atoms with Crippen molar-refractivity contribution in [1.29, 1.82) is 0 Å². The van der Waals surface area contributed by atoms with E-state index in [0.29, 0.717) is 6.54 Å². The molecule has 1 saturated heterocycles. The maximum absolute atomic E-state index is 12.5. The molecule has 0 saturated carbocycles. The van der Waals surface area contributed by atoms with Crippen LogP contribution in [-0.2, 0) is 24.2 Å². The van der Waals surface area contributed by atoms with Crippen LogP contribution < -0.4 is 10.6 Å². The summed E-state index contributed by atoms with van der Waals surface area (Å²) >= 11 is 0. The molecule has 5 nitrogen and oxygen atoms in total. The smallest absolute Gasteiger partial charge is 0.238 e. The molecule has 0 unspecified atom stereocenters. The Morgan fingerprint density at radius 2 is 1.72 bits per heavy atom. The number of hydrogen-bond acceptors (Lipinski definition) is 4. The van der Waals surface area contributed by atoms with Gasteiger partial charge in [0.15, 0.2) is 0 Å². The third-order valence-corrected chi connectivity index (χ3v) is 5.83. The molecular formula is C23H31ClN4O. The number of carbonyl (C=O) groups is 1. The number of piperazine rings is 1. The Kier molecular flexibility index (Phi) is 7.53. The minimum atomic E-state index is 0. The number of carbonyl (C=O) groups excluding carboxylic acids is 1. The maximum Gasteiger partial charge on any atom is 0.238 e. The second-order valence-electron chi connectivity index (χ2n) is 7.74. The van der Waals surface area contributed by atoms with Crippen LogP contribution in [0.3, 0.4) is 0 Å². The molecule has 6 heteroatoms. The van der Waals surface area contributed by atoms with E-state index in [0.717, 1.165) is 57.8 Å². The number of benzene rings is 2. The van der Waals surface area contributed by atoms with Crippen LogP contribution in [0.5, 0.6) is 0 Å². The lowest BCUT2D eigenvalue weighted by Crippen LogP contribution is -2.48. The average Bonchev–Trinajstić information content (AvgIpc) is 3.20. The van der Waals surface area contributed by atoms with Gasteiger partial charge in [0, 0.05) is 50.6 Å². The van der Waals surface area contributed by atoms with Crippen molar-refractivity contribution in [2.75, 3.05) is 49.9 Å². The van der Waals surface area contributed by atoms with Crippen molar-refractivity contribution in [1.82, 2.24) is 9.80 Å². The molecule has 0 bridgehead atoms. The Bertz CT molecular complexity index is 833. The predicted octanol–water partition coefficient (Wildman–Crippen LogP) is 3.40. The zero-order chi connectivity index (χ0) is 19.3. The minimum Gasteiger partial charge on any atom is -0.384 e. The van der Waals surface area contributed by atoms with Gasteiger partial charge in [0.05, 0.1) is 6.54 Å². The number of hydrogen-bond donors (Lipinski definition) is 2. The van der Waals surface area contributed by atoms with Crippen LogP contribution >= 0.6 is 12.4 Å². The first-order chi connectivity index (χ1) is 13.7. The van der Waals surface area contributed by atoms with Gasteiger partial charge in [-0.2, -0.15) is 0 Å². The van der Waals surface area contributed by atoms with Crippen LogP contribution in [0.1, 0.15) is 23.6 Å². The molecule has 1 fully saturated rings. The van der Waals surface area contributed by atoms with Crippen LogP contribution in [0.2, 0.25) is 0 Å². The van der Waals surface area contributed by atoms with Gasteiger partial charge in [-0.25, -0.2) is 0 Å². The van der Waals surface area contributed by atoms with E-state index in [4.69, 9.17) is 0 Å². The van der Waals surface area contributed by atoms with Crippen molar-refractivity contribution < 1.29 is 4.79 Å². The van der Waals surface area contributed by atoms with E-state index >= 15 is 0 Å². The highest BCUT2D eigenvalue weighted by Crippen LogP contribution is 2.27. The van der Waals surface area contributed by atoms with Gasteiger partial charge in [-0.05, 0) is 35.6 Å². The Balaban J connectivity index is 0.00000240. The molecule has 2 aromatic rings. The first-order valence-electron chi connectivity index (χ1n) is 10.4. The summed E-state index contributed by atoms with van der Waals surface area (Å²) in [6.07, 6.45) is 2.06.